The molecule has 0 aliphatic rings. The van der Waals surface area contributed by atoms with Crippen molar-refractivity contribution < 1.29 is 58.5 Å². The van der Waals surface area contributed by atoms with Gasteiger partial charge in [-0.2, -0.15) is 0 Å². The SMILES string of the molecule is CC(C)CC(NC(=O)C(N)CO)C(=O)NC(CC(C)C)C(=O)NC(CC(=O)O)C(=O)NC(C)C(=O)NCC(=O)NC(C)C(=O)NC(CCCCN)C(=O)O. The lowest BCUT2D eigenvalue weighted by molar-refractivity contribution is -0.142. The van der Waals surface area contributed by atoms with E-state index < -0.39 is 115 Å². The van der Waals surface area contributed by atoms with Crippen LogP contribution in [0.25, 0.3) is 0 Å². The molecule has 0 aromatic carbocycles. The van der Waals surface area contributed by atoms with Gasteiger partial charge < -0.3 is 64.0 Å². The molecule has 308 valence electrons. The Balaban J connectivity index is 5.52. The van der Waals surface area contributed by atoms with Crippen molar-refractivity contribution in [3.8, 4) is 0 Å². The Morgan fingerprint density at radius 2 is 1.04 bits per heavy atom. The summed E-state index contributed by atoms with van der Waals surface area (Å²) in [7, 11) is 0. The van der Waals surface area contributed by atoms with E-state index in [1.54, 1.807) is 27.7 Å². The second-order valence-electron chi connectivity index (χ2n) is 13.8. The van der Waals surface area contributed by atoms with Gasteiger partial charge in [0.2, 0.25) is 41.4 Å². The summed E-state index contributed by atoms with van der Waals surface area (Å²) in [5.74, 6) is -9.02. The van der Waals surface area contributed by atoms with Crippen molar-refractivity contribution in [2.24, 2.45) is 23.3 Å². The Morgan fingerprint density at radius 3 is 1.50 bits per heavy atom. The third kappa shape index (κ3) is 19.8. The summed E-state index contributed by atoms with van der Waals surface area (Å²) in [5.41, 5.74) is 11.0. The van der Waals surface area contributed by atoms with Gasteiger partial charge >= 0.3 is 11.9 Å². The fourth-order valence-electron chi connectivity index (χ4n) is 4.80. The third-order valence-corrected chi connectivity index (χ3v) is 7.73. The highest BCUT2D eigenvalue weighted by Crippen LogP contribution is 2.10. The number of nitrogens with one attached hydrogen (secondary N) is 7. The molecule has 21 heteroatoms. The Labute approximate surface area is 314 Å². The molecule has 0 aliphatic carbocycles. The number of unbranched alkanes of at least 4 members (excludes halogenated alkanes) is 1. The largest absolute Gasteiger partial charge is 0.481 e. The van der Waals surface area contributed by atoms with Gasteiger partial charge in [0.25, 0.3) is 0 Å². The van der Waals surface area contributed by atoms with Crippen LogP contribution in [-0.4, -0.2) is 131 Å². The Hall–Kier alpha value is -4.89. The van der Waals surface area contributed by atoms with Crippen molar-refractivity contribution in [1.82, 2.24) is 37.2 Å². The molecule has 0 spiro atoms. The molecule has 0 rings (SSSR count). The predicted octanol–water partition coefficient (Wildman–Crippen LogP) is -3.85. The average Bonchev–Trinajstić information content (AvgIpc) is 3.07. The maximum atomic E-state index is 13.4. The summed E-state index contributed by atoms with van der Waals surface area (Å²) < 4.78 is 0. The van der Waals surface area contributed by atoms with Gasteiger partial charge in [0.15, 0.2) is 0 Å². The van der Waals surface area contributed by atoms with Crippen LogP contribution in [0.4, 0.5) is 0 Å². The van der Waals surface area contributed by atoms with Gasteiger partial charge in [-0.3, -0.25) is 38.4 Å². The lowest BCUT2D eigenvalue weighted by Gasteiger charge is -2.27. The van der Waals surface area contributed by atoms with Crippen molar-refractivity contribution in [2.45, 2.75) is 122 Å². The van der Waals surface area contributed by atoms with Gasteiger partial charge in [-0.25, -0.2) is 4.79 Å². The van der Waals surface area contributed by atoms with Gasteiger partial charge in [-0.05, 0) is 64.3 Å². The standard InChI is InChI=1S/C33H59N9O12/c1-16(2)11-22(40-29(49)20(35)15-43)31(51)41-23(12-17(3)4)32(52)42-24(13-26(45)46)30(50)38-18(5)27(47)36-14-25(44)37-19(6)28(48)39-21(33(53)54)9-7-8-10-34/h16-24,43H,7-15,34-35H2,1-6H3,(H,36,47)(H,37,44)(H,38,50)(H,39,48)(H,40,49)(H,41,51)(H,42,52)(H,45,46)(H,53,54). The van der Waals surface area contributed by atoms with Crippen LogP contribution in [0.15, 0.2) is 0 Å². The minimum Gasteiger partial charge on any atom is -0.481 e. The van der Waals surface area contributed by atoms with E-state index in [0.717, 1.165) is 0 Å². The molecule has 7 atom stereocenters. The van der Waals surface area contributed by atoms with Crippen LogP contribution in [0, 0.1) is 11.8 Å². The molecule has 0 heterocycles. The van der Waals surface area contributed by atoms with Crippen LogP contribution < -0.4 is 48.7 Å². The van der Waals surface area contributed by atoms with E-state index in [4.69, 9.17) is 11.5 Å². The highest BCUT2D eigenvalue weighted by molar-refractivity contribution is 5.97. The second kappa shape index (κ2) is 25.2. The van der Waals surface area contributed by atoms with E-state index >= 15 is 0 Å². The first-order valence-electron chi connectivity index (χ1n) is 17.7. The van der Waals surface area contributed by atoms with Gasteiger partial charge in [-0.1, -0.05) is 27.7 Å². The number of amides is 7. The Bertz CT molecular complexity index is 1310. The third-order valence-electron chi connectivity index (χ3n) is 7.73. The highest BCUT2D eigenvalue weighted by Gasteiger charge is 2.33. The summed E-state index contributed by atoms with van der Waals surface area (Å²) in [4.78, 5) is 113. The normalized spacial score (nSPS) is 14.9. The summed E-state index contributed by atoms with van der Waals surface area (Å²) in [6.07, 6.45) is 0.442. The van der Waals surface area contributed by atoms with E-state index in [2.05, 4.69) is 37.2 Å². The maximum absolute atomic E-state index is 13.4. The molecule has 0 fully saturated rings. The summed E-state index contributed by atoms with van der Waals surface area (Å²) in [6, 6.07) is -9.14. The molecule has 7 unspecified atom stereocenters. The average molecular weight is 774 g/mol. The number of aliphatic hydroxyl groups excluding tert-OH is 1. The van der Waals surface area contributed by atoms with E-state index in [9.17, 15) is 58.5 Å². The van der Waals surface area contributed by atoms with E-state index in [0.29, 0.717) is 19.4 Å². The zero-order valence-corrected chi connectivity index (χ0v) is 31.7. The van der Waals surface area contributed by atoms with Crippen molar-refractivity contribution in [1.29, 1.82) is 0 Å². The minimum atomic E-state index is -1.71. The highest BCUT2D eigenvalue weighted by atomic mass is 16.4. The van der Waals surface area contributed by atoms with Crippen molar-refractivity contribution >= 4 is 53.3 Å². The van der Waals surface area contributed by atoms with Crippen molar-refractivity contribution in [3.63, 3.8) is 0 Å². The zero-order valence-electron chi connectivity index (χ0n) is 31.7. The smallest absolute Gasteiger partial charge is 0.326 e. The molecule has 0 aromatic rings. The van der Waals surface area contributed by atoms with E-state index in [-0.39, 0.29) is 31.1 Å². The van der Waals surface area contributed by atoms with Crippen LogP contribution in [0.5, 0.6) is 0 Å². The first-order valence-corrected chi connectivity index (χ1v) is 17.7. The quantitative estimate of drug-likeness (QED) is 0.0375. The molecule has 21 nitrogen and oxygen atoms in total. The fraction of sp³-hybridized carbons (Fsp3) is 0.727. The molecule has 7 amide bonds. The van der Waals surface area contributed by atoms with Crippen molar-refractivity contribution in [2.75, 3.05) is 19.7 Å². The number of carboxylic acids is 2. The Kier molecular flexibility index (Phi) is 22.9. The Morgan fingerprint density at radius 1 is 0.574 bits per heavy atom. The molecule has 14 N–H and O–H groups in total. The van der Waals surface area contributed by atoms with Gasteiger partial charge in [0.05, 0.1) is 19.6 Å². The van der Waals surface area contributed by atoms with Crippen LogP contribution in [0.2, 0.25) is 0 Å². The topological polar surface area (TPSA) is 351 Å². The number of rotatable bonds is 26. The van der Waals surface area contributed by atoms with E-state index in [1.165, 1.54) is 13.8 Å². The number of aliphatic carboxylic acids is 2. The predicted molar refractivity (Wildman–Crippen MR) is 193 cm³/mol. The summed E-state index contributed by atoms with van der Waals surface area (Å²) in [5, 5.41) is 44.4. The van der Waals surface area contributed by atoms with Crippen LogP contribution in [0.3, 0.4) is 0 Å². The molecular formula is C33H59N9O12. The number of aliphatic hydroxyl groups is 1. The minimum absolute atomic E-state index is 0.0492. The molecule has 0 saturated carbocycles. The number of hydrogen-bond donors (Lipinski definition) is 12. The monoisotopic (exact) mass is 773 g/mol. The molecule has 0 bridgehead atoms. The molecule has 0 radical (unpaired) electrons. The summed E-state index contributed by atoms with van der Waals surface area (Å²) in [6.45, 7) is 8.65. The number of carbonyl (C=O) groups is 9. The fourth-order valence-corrected chi connectivity index (χ4v) is 4.80. The lowest BCUT2D eigenvalue weighted by atomic mass is 9.99. The van der Waals surface area contributed by atoms with Gasteiger partial charge in [0.1, 0.15) is 42.3 Å². The zero-order chi connectivity index (χ0) is 41.7. The first kappa shape index (κ1) is 49.1. The maximum Gasteiger partial charge on any atom is 0.326 e. The molecule has 0 aromatic heterocycles. The van der Waals surface area contributed by atoms with Gasteiger partial charge in [0, 0.05) is 0 Å². The first-order chi connectivity index (χ1) is 25.1. The van der Waals surface area contributed by atoms with Crippen molar-refractivity contribution in [3.05, 3.63) is 0 Å². The molecule has 0 aliphatic heterocycles. The second-order valence-corrected chi connectivity index (χ2v) is 13.8. The summed E-state index contributed by atoms with van der Waals surface area (Å²) >= 11 is 0. The van der Waals surface area contributed by atoms with Crippen LogP contribution in [0.1, 0.15) is 80.1 Å². The number of carbonyl (C=O) groups excluding carboxylic acids is 7. The number of carboxylic acid groups (broad SMARTS) is 2. The van der Waals surface area contributed by atoms with Crippen LogP contribution in [-0.2, 0) is 43.2 Å². The lowest BCUT2D eigenvalue weighted by Crippen LogP contribution is -2.59. The van der Waals surface area contributed by atoms with E-state index in [1.807, 2.05) is 0 Å². The molecule has 0 saturated heterocycles. The number of hydrogen-bond acceptors (Lipinski definition) is 12. The molecule has 54 heavy (non-hydrogen) atoms. The van der Waals surface area contributed by atoms with Gasteiger partial charge in [-0.15, -0.1) is 0 Å². The molecular weight excluding hydrogens is 714 g/mol. The van der Waals surface area contributed by atoms with Crippen LogP contribution >= 0.6 is 0 Å². The number of nitrogens with two attached hydrogens (primary N) is 2.